The van der Waals surface area contributed by atoms with E-state index in [4.69, 9.17) is 0 Å². The molecule has 8 nitrogen and oxygen atoms in total. The first-order valence-corrected chi connectivity index (χ1v) is 10.6. The van der Waals surface area contributed by atoms with Crippen LogP contribution in [0.1, 0.15) is 64.6 Å². The third kappa shape index (κ3) is 7.12. The number of nitrogens with zero attached hydrogens (tertiary/aromatic N) is 8. The van der Waals surface area contributed by atoms with E-state index in [2.05, 4.69) is 81.9 Å². The van der Waals surface area contributed by atoms with E-state index in [0.29, 0.717) is 0 Å². The van der Waals surface area contributed by atoms with E-state index in [1.165, 1.54) is 0 Å². The number of aryl methyl sites for hydroxylation is 2. The molecule has 0 aliphatic carbocycles. The summed E-state index contributed by atoms with van der Waals surface area (Å²) in [5.41, 5.74) is 5.30. The molecule has 9 heteroatoms. The summed E-state index contributed by atoms with van der Waals surface area (Å²) in [4.78, 5) is 16.8. The van der Waals surface area contributed by atoms with Crippen molar-refractivity contribution in [2.24, 2.45) is 0 Å². The fourth-order valence-corrected chi connectivity index (χ4v) is 2.77. The van der Waals surface area contributed by atoms with Crippen LogP contribution in [-0.2, 0) is 31.9 Å². The second-order valence-electron chi connectivity index (χ2n) is 9.71. The molecule has 0 unspecified atom stereocenters. The van der Waals surface area contributed by atoms with Crippen molar-refractivity contribution < 1.29 is 21.1 Å². The molecule has 0 atom stereocenters. The molecule has 0 radical (unpaired) electrons. The van der Waals surface area contributed by atoms with Gasteiger partial charge in [-0.25, -0.2) is 19.9 Å². The average molecular weight is 626 g/mol. The van der Waals surface area contributed by atoms with Crippen LogP contribution >= 0.6 is 0 Å². The molecule has 4 aromatic heterocycles. The molecule has 0 aromatic carbocycles. The predicted molar refractivity (Wildman–Crippen MR) is 124 cm³/mol. The van der Waals surface area contributed by atoms with Gasteiger partial charge in [0.25, 0.3) is 0 Å². The first-order chi connectivity index (χ1) is 14.9. The summed E-state index contributed by atoms with van der Waals surface area (Å²) in [6.07, 6.45) is 3.48. The van der Waals surface area contributed by atoms with Gasteiger partial charge in [-0.3, -0.25) is 0 Å². The Kier molecular flexibility index (Phi) is 8.41. The van der Waals surface area contributed by atoms with Crippen LogP contribution in [0.4, 0.5) is 0 Å². The van der Waals surface area contributed by atoms with Crippen LogP contribution in [0.3, 0.4) is 0 Å². The zero-order valence-electron chi connectivity index (χ0n) is 20.4. The van der Waals surface area contributed by atoms with Gasteiger partial charge in [-0.15, -0.1) is 0 Å². The topological polar surface area (TPSA) is 106 Å². The summed E-state index contributed by atoms with van der Waals surface area (Å²) >= 11 is 0. The van der Waals surface area contributed by atoms with Crippen LogP contribution in [0.25, 0.3) is 22.8 Å². The summed E-state index contributed by atoms with van der Waals surface area (Å²) in [5.74, 6) is 1.50. The van der Waals surface area contributed by atoms with Gasteiger partial charge in [0.2, 0.25) is 0 Å². The summed E-state index contributed by atoms with van der Waals surface area (Å²) in [6.45, 7) is 16.4. The minimum absolute atomic E-state index is 0. The Morgan fingerprint density at radius 2 is 1.00 bits per heavy atom. The van der Waals surface area contributed by atoms with Gasteiger partial charge in [0.15, 0.2) is 0 Å². The van der Waals surface area contributed by atoms with E-state index in [9.17, 15) is 0 Å². The zero-order valence-corrected chi connectivity index (χ0v) is 22.6. The van der Waals surface area contributed by atoms with Gasteiger partial charge < -0.3 is 20.4 Å². The van der Waals surface area contributed by atoms with E-state index in [-0.39, 0.29) is 31.9 Å². The average Bonchev–Trinajstić information content (AvgIpc) is 3.38. The Hall–Kier alpha value is -2.73. The zero-order chi connectivity index (χ0) is 23.5. The summed E-state index contributed by atoms with van der Waals surface area (Å²) in [7, 11) is 0. The minimum Gasteiger partial charge on any atom is -0.573 e. The van der Waals surface area contributed by atoms with Crippen LogP contribution in [0.2, 0.25) is 0 Å². The Balaban J connectivity index is 0.000000227. The smallest absolute Gasteiger partial charge is 0.573 e. The molecule has 0 saturated heterocycles. The fraction of sp³-hybridized carbons (Fsp3) is 0.417. The van der Waals surface area contributed by atoms with Crippen LogP contribution in [0.15, 0.2) is 36.7 Å². The van der Waals surface area contributed by atoms with Crippen molar-refractivity contribution in [3.8, 4) is 22.8 Å². The third-order valence-electron chi connectivity index (χ3n) is 4.69. The molecule has 4 aromatic rings. The number of hydrogen-bond donors (Lipinski definition) is 0. The van der Waals surface area contributed by atoms with Gasteiger partial charge in [-0.1, -0.05) is 65.1 Å². The molecule has 0 amide bonds. The molecule has 0 saturated carbocycles. The standard InChI is InChI=1S/2C12H15N4.Pt/c2*1-8-13-6-5-9(14-8)10-7-11(16-15-10)12(2,3)4;/h2*5-7H,1-4H3;/q2*-1;+2. The van der Waals surface area contributed by atoms with E-state index in [1.807, 2.05) is 38.1 Å². The summed E-state index contributed by atoms with van der Waals surface area (Å²) in [6, 6.07) is 7.68. The number of aromatic nitrogens is 8. The maximum absolute atomic E-state index is 4.33. The van der Waals surface area contributed by atoms with E-state index in [1.54, 1.807) is 12.4 Å². The molecular formula is C24H30N8Pt. The molecule has 0 spiro atoms. The van der Waals surface area contributed by atoms with E-state index < -0.39 is 0 Å². The predicted octanol–water partition coefficient (Wildman–Crippen LogP) is 4.20. The van der Waals surface area contributed by atoms with E-state index in [0.717, 1.165) is 45.8 Å². The second kappa shape index (κ2) is 10.5. The van der Waals surface area contributed by atoms with Crippen LogP contribution in [-0.4, -0.2) is 30.1 Å². The Morgan fingerprint density at radius 1 is 0.636 bits per heavy atom. The summed E-state index contributed by atoms with van der Waals surface area (Å²) < 4.78 is 0. The van der Waals surface area contributed by atoms with Gasteiger partial charge >= 0.3 is 21.1 Å². The first kappa shape index (κ1) is 26.5. The van der Waals surface area contributed by atoms with Crippen LogP contribution in [0.5, 0.6) is 0 Å². The minimum atomic E-state index is 0. The van der Waals surface area contributed by atoms with Gasteiger partial charge in [0, 0.05) is 34.6 Å². The van der Waals surface area contributed by atoms with E-state index >= 15 is 0 Å². The molecule has 4 rings (SSSR count). The molecule has 176 valence electrons. The largest absolute Gasteiger partial charge is 2.00 e. The molecule has 4 heterocycles. The van der Waals surface area contributed by atoms with Crippen molar-refractivity contribution in [2.75, 3.05) is 0 Å². The van der Waals surface area contributed by atoms with Gasteiger partial charge in [-0.05, 0) is 26.0 Å². The fourth-order valence-electron chi connectivity index (χ4n) is 2.77. The number of hydrogen-bond acceptors (Lipinski definition) is 6. The van der Waals surface area contributed by atoms with Crippen molar-refractivity contribution in [3.05, 3.63) is 59.7 Å². The Bertz CT molecular complexity index is 1090. The second-order valence-corrected chi connectivity index (χ2v) is 9.71. The molecular weight excluding hydrogens is 595 g/mol. The SMILES string of the molecule is Cc1nccc(-c2cc(C(C)(C)C)n[n-]2)n1.Cc1nccc(-c2cc(C(C)(C)C)n[n-]2)n1.[Pt+2]. The van der Waals surface area contributed by atoms with Crippen molar-refractivity contribution in [1.29, 1.82) is 0 Å². The molecule has 0 N–H and O–H groups in total. The molecule has 0 bridgehead atoms. The van der Waals surface area contributed by atoms with Gasteiger partial charge in [0.1, 0.15) is 11.6 Å². The van der Waals surface area contributed by atoms with Crippen molar-refractivity contribution in [1.82, 2.24) is 40.3 Å². The Morgan fingerprint density at radius 3 is 1.27 bits per heavy atom. The maximum atomic E-state index is 4.33. The molecule has 0 fully saturated rings. The quantitative estimate of drug-likeness (QED) is 0.327. The van der Waals surface area contributed by atoms with Gasteiger partial charge in [-0.2, -0.15) is 0 Å². The molecule has 33 heavy (non-hydrogen) atoms. The van der Waals surface area contributed by atoms with Crippen molar-refractivity contribution in [2.45, 2.75) is 66.2 Å². The van der Waals surface area contributed by atoms with Crippen molar-refractivity contribution in [3.63, 3.8) is 0 Å². The summed E-state index contributed by atoms with van der Waals surface area (Å²) in [5, 5.41) is 16.7. The van der Waals surface area contributed by atoms with Crippen molar-refractivity contribution >= 4 is 0 Å². The maximum Gasteiger partial charge on any atom is 2.00 e. The molecule has 0 aliphatic heterocycles. The van der Waals surface area contributed by atoms with Gasteiger partial charge in [0.05, 0.1) is 11.4 Å². The van der Waals surface area contributed by atoms with Crippen LogP contribution in [0, 0.1) is 13.8 Å². The molecule has 0 aliphatic rings. The first-order valence-electron chi connectivity index (χ1n) is 10.6. The number of rotatable bonds is 2. The third-order valence-corrected chi connectivity index (χ3v) is 4.69. The monoisotopic (exact) mass is 625 g/mol. The Labute approximate surface area is 209 Å². The normalized spacial score (nSPS) is 11.4. The van der Waals surface area contributed by atoms with Crippen LogP contribution < -0.4 is 10.2 Å².